The van der Waals surface area contributed by atoms with E-state index in [9.17, 15) is 19.6 Å². The summed E-state index contributed by atoms with van der Waals surface area (Å²) >= 11 is 0. The van der Waals surface area contributed by atoms with Gasteiger partial charge in [-0.25, -0.2) is 0 Å². The van der Waals surface area contributed by atoms with Gasteiger partial charge in [0.1, 0.15) is 11.9 Å². The van der Waals surface area contributed by atoms with E-state index in [0.717, 1.165) is 44.9 Å². The van der Waals surface area contributed by atoms with Gasteiger partial charge in [-0.15, -0.1) is 0 Å². The largest absolute Gasteiger partial charge is 0.469 e. The number of esters is 1. The van der Waals surface area contributed by atoms with E-state index in [0.29, 0.717) is 18.6 Å². The maximum atomic E-state index is 14.2. The molecule has 0 aliphatic heterocycles. The number of hydrogen-bond donors (Lipinski definition) is 0. The van der Waals surface area contributed by atoms with Gasteiger partial charge in [0.05, 0.1) is 18.1 Å². The Morgan fingerprint density at radius 3 is 2.11 bits per heavy atom. The van der Waals surface area contributed by atoms with Crippen molar-refractivity contribution in [2.24, 2.45) is 50.2 Å². The fraction of sp³-hybridized carbons (Fsp3) is 0.818. The highest BCUT2D eigenvalue weighted by Gasteiger charge is 2.68. The molecule has 7 atom stereocenters. The lowest BCUT2D eigenvalue weighted by atomic mass is 9.35. The first-order valence-electron chi connectivity index (χ1n) is 14.7. The van der Waals surface area contributed by atoms with E-state index in [1.54, 1.807) is 0 Å². The fourth-order valence-corrected chi connectivity index (χ4v) is 9.71. The van der Waals surface area contributed by atoms with Gasteiger partial charge in [0.2, 0.25) is 0 Å². The van der Waals surface area contributed by atoms with Gasteiger partial charge in [-0.1, -0.05) is 54.5 Å². The van der Waals surface area contributed by atoms with E-state index in [-0.39, 0.29) is 51.3 Å². The SMILES string of the molecule is COC(=O)[C@@]1(C)CCC(C)(C)CCC2C(=O)C[C@@H]3[C@@]4(C)C=C(C#N)C(=O)C(C)(C)[C@@H]4CC[C@@]3(C)[C@]2(C)CC1. The number of rotatable bonds is 1. The number of Topliss-reactive ketones (excluding diaryl/α,β-unsaturated/α-hetero) is 2. The molecule has 4 rings (SSSR count). The smallest absolute Gasteiger partial charge is 0.311 e. The molecule has 0 bridgehead atoms. The van der Waals surface area contributed by atoms with Crippen molar-refractivity contribution in [1.29, 1.82) is 5.26 Å². The summed E-state index contributed by atoms with van der Waals surface area (Å²) in [5, 5.41) is 9.91. The predicted molar refractivity (Wildman–Crippen MR) is 148 cm³/mol. The van der Waals surface area contributed by atoms with E-state index >= 15 is 0 Å². The molecule has 3 saturated carbocycles. The van der Waals surface area contributed by atoms with Crippen molar-refractivity contribution in [1.82, 2.24) is 0 Å². The molecule has 1 unspecified atom stereocenters. The molecule has 4 aliphatic rings. The summed E-state index contributed by atoms with van der Waals surface area (Å²) in [6.07, 6.45) is 9.33. The Hall–Kier alpha value is -1.96. The fourth-order valence-electron chi connectivity index (χ4n) is 9.71. The normalized spacial score (nSPS) is 44.4. The molecular formula is C33H49NO4. The number of methoxy groups -OCH3 is 1. The van der Waals surface area contributed by atoms with Gasteiger partial charge in [0.15, 0.2) is 5.78 Å². The first kappa shape index (κ1) is 29.0. The van der Waals surface area contributed by atoms with Crippen LogP contribution < -0.4 is 0 Å². The van der Waals surface area contributed by atoms with E-state index in [4.69, 9.17) is 4.74 Å². The second-order valence-corrected chi connectivity index (χ2v) is 15.5. The quantitative estimate of drug-likeness (QED) is 0.338. The second-order valence-electron chi connectivity index (χ2n) is 15.5. The topological polar surface area (TPSA) is 84.2 Å². The zero-order chi connectivity index (χ0) is 28.5. The predicted octanol–water partition coefficient (Wildman–Crippen LogP) is 7.24. The van der Waals surface area contributed by atoms with Crippen LogP contribution >= 0.6 is 0 Å². The number of allylic oxidation sites excluding steroid dienone is 2. The molecule has 0 N–H and O–H groups in total. The Morgan fingerprint density at radius 2 is 1.50 bits per heavy atom. The second kappa shape index (κ2) is 9.03. The average molecular weight is 524 g/mol. The highest BCUT2D eigenvalue weighted by Crippen LogP contribution is 2.72. The van der Waals surface area contributed by atoms with Crippen LogP contribution in [0.2, 0.25) is 0 Å². The van der Waals surface area contributed by atoms with Gasteiger partial charge in [-0.05, 0) is 91.8 Å². The minimum Gasteiger partial charge on any atom is -0.469 e. The molecular weight excluding hydrogens is 474 g/mol. The number of fused-ring (bicyclic) bond motifs is 5. The molecule has 0 aromatic rings. The van der Waals surface area contributed by atoms with Gasteiger partial charge < -0.3 is 4.74 Å². The van der Waals surface area contributed by atoms with Crippen molar-refractivity contribution in [3.63, 3.8) is 0 Å². The summed E-state index contributed by atoms with van der Waals surface area (Å²) in [5.74, 6) is 0.188. The summed E-state index contributed by atoms with van der Waals surface area (Å²) in [6.45, 7) is 17.5. The van der Waals surface area contributed by atoms with E-state index < -0.39 is 16.2 Å². The zero-order valence-electron chi connectivity index (χ0n) is 25.3. The zero-order valence-corrected chi connectivity index (χ0v) is 25.3. The molecule has 5 heteroatoms. The Morgan fingerprint density at radius 1 is 0.868 bits per heavy atom. The van der Waals surface area contributed by atoms with Crippen molar-refractivity contribution in [2.45, 2.75) is 113 Å². The Kier molecular flexibility index (Phi) is 6.90. The minimum absolute atomic E-state index is 0.0351. The van der Waals surface area contributed by atoms with Crippen molar-refractivity contribution < 1.29 is 19.1 Å². The lowest BCUT2D eigenvalue weighted by Crippen LogP contribution is -2.65. The Bertz CT molecular complexity index is 1110. The Labute approximate surface area is 230 Å². The number of ether oxygens (including phenoxy) is 1. The highest BCUT2D eigenvalue weighted by atomic mass is 16.5. The van der Waals surface area contributed by atoms with Crippen molar-refractivity contribution in [3.8, 4) is 6.07 Å². The maximum Gasteiger partial charge on any atom is 0.311 e. The van der Waals surface area contributed by atoms with Crippen molar-refractivity contribution in [3.05, 3.63) is 11.6 Å². The van der Waals surface area contributed by atoms with Crippen molar-refractivity contribution in [2.75, 3.05) is 7.11 Å². The third-order valence-corrected chi connectivity index (χ3v) is 12.7. The third kappa shape index (κ3) is 4.03. The van der Waals surface area contributed by atoms with Crippen LogP contribution in [0.25, 0.3) is 0 Å². The first-order chi connectivity index (χ1) is 17.4. The van der Waals surface area contributed by atoms with Crippen LogP contribution in [-0.2, 0) is 19.1 Å². The summed E-state index contributed by atoms with van der Waals surface area (Å²) < 4.78 is 5.32. The molecule has 0 saturated heterocycles. The van der Waals surface area contributed by atoms with Gasteiger partial charge in [0.25, 0.3) is 0 Å². The van der Waals surface area contributed by atoms with E-state index in [2.05, 4.69) is 47.6 Å². The lowest BCUT2D eigenvalue weighted by molar-refractivity contribution is -0.192. The van der Waals surface area contributed by atoms with Gasteiger partial charge in [-0.3, -0.25) is 14.4 Å². The first-order valence-corrected chi connectivity index (χ1v) is 14.7. The minimum atomic E-state index is -0.638. The summed E-state index contributed by atoms with van der Waals surface area (Å²) in [7, 11) is 1.48. The van der Waals surface area contributed by atoms with Gasteiger partial charge in [-0.2, -0.15) is 5.26 Å². The molecule has 0 aromatic heterocycles. The Balaban J connectivity index is 1.86. The van der Waals surface area contributed by atoms with Crippen LogP contribution in [0, 0.1) is 61.6 Å². The summed E-state index contributed by atoms with van der Waals surface area (Å²) in [6, 6.07) is 2.20. The van der Waals surface area contributed by atoms with Crippen LogP contribution in [0.1, 0.15) is 113 Å². The lowest BCUT2D eigenvalue weighted by Gasteiger charge is -2.68. The van der Waals surface area contributed by atoms with E-state index in [1.807, 2.05) is 19.9 Å². The number of nitrogens with zero attached hydrogens (tertiary/aromatic N) is 1. The number of carbonyl (C=O) groups excluding carboxylic acids is 3. The molecule has 3 fully saturated rings. The monoisotopic (exact) mass is 523 g/mol. The number of carbonyl (C=O) groups is 3. The van der Waals surface area contributed by atoms with Crippen LogP contribution in [-0.4, -0.2) is 24.6 Å². The number of nitriles is 1. The molecule has 210 valence electrons. The standard InChI is InChI=1S/C33H49NO4/c1-28(2)12-10-22-23(35)18-25-31(6)19-21(20-34)26(36)29(3,4)24(31)11-13-33(25,8)32(22,7)17-16-30(5,15-14-28)27(37)38-9/h19,22,24-25H,10-18H2,1-9H3/t22?,24-,25+,30-,31-,32+,33+/m0/s1. The van der Waals surface area contributed by atoms with Gasteiger partial charge in [0, 0.05) is 17.8 Å². The molecule has 0 aromatic carbocycles. The van der Waals surface area contributed by atoms with Crippen LogP contribution in [0.4, 0.5) is 0 Å². The van der Waals surface area contributed by atoms with E-state index in [1.165, 1.54) is 7.11 Å². The van der Waals surface area contributed by atoms with Crippen LogP contribution in [0.3, 0.4) is 0 Å². The maximum absolute atomic E-state index is 14.2. The molecule has 0 amide bonds. The van der Waals surface area contributed by atoms with Crippen molar-refractivity contribution >= 4 is 17.5 Å². The van der Waals surface area contributed by atoms with Crippen LogP contribution in [0.5, 0.6) is 0 Å². The molecule has 0 heterocycles. The molecule has 0 spiro atoms. The molecule has 4 aliphatic carbocycles. The summed E-state index contributed by atoms with van der Waals surface area (Å²) in [5.41, 5.74) is -1.81. The highest BCUT2D eigenvalue weighted by molar-refractivity contribution is 6.04. The third-order valence-electron chi connectivity index (χ3n) is 12.7. The average Bonchev–Trinajstić information content (AvgIpc) is 2.84. The number of hydrogen-bond acceptors (Lipinski definition) is 5. The molecule has 5 nitrogen and oxygen atoms in total. The van der Waals surface area contributed by atoms with Crippen LogP contribution in [0.15, 0.2) is 11.6 Å². The summed E-state index contributed by atoms with van der Waals surface area (Å²) in [4.78, 5) is 40.6. The number of ketones is 2. The van der Waals surface area contributed by atoms with Gasteiger partial charge >= 0.3 is 5.97 Å². The molecule has 0 radical (unpaired) electrons. The molecule has 38 heavy (non-hydrogen) atoms.